The predicted octanol–water partition coefficient (Wildman–Crippen LogP) is -4.82. The van der Waals surface area contributed by atoms with Gasteiger partial charge in [-0.3, -0.25) is 0 Å². The maximum atomic E-state index is 0. The zero-order valence-electron chi connectivity index (χ0n) is 3.61. The second-order valence-electron chi connectivity index (χ2n) is 0. The first-order valence-electron chi connectivity index (χ1n) is 0. The van der Waals surface area contributed by atoms with Crippen molar-refractivity contribution in [3.63, 3.8) is 0 Å². The Bertz CT molecular complexity index is 11.5. The fourth-order valence-electron chi connectivity index (χ4n) is 0. The van der Waals surface area contributed by atoms with Crippen LogP contribution in [0.15, 0.2) is 0 Å². The Kier molecular flexibility index (Phi) is 814. The first-order chi connectivity index (χ1) is 0. The van der Waals surface area contributed by atoms with Crippen molar-refractivity contribution in [3.05, 3.63) is 0 Å². The van der Waals surface area contributed by atoms with E-state index < -0.39 is 0 Å². The third-order valence-corrected chi connectivity index (χ3v) is 0. The van der Waals surface area contributed by atoms with Crippen molar-refractivity contribution in [3.8, 4) is 0 Å². The van der Waals surface area contributed by atoms with Crippen molar-refractivity contribution in [1.29, 1.82) is 0 Å². The molecule has 0 aromatic carbocycles. The van der Waals surface area contributed by atoms with E-state index in [-0.39, 0.29) is 90.6 Å². The minimum absolute atomic E-state index is 0. The number of hydrogen-bond donors (Lipinski definition) is 2. The molecule has 0 aliphatic carbocycles. The van der Waals surface area contributed by atoms with Crippen molar-refractivity contribution in [2.45, 2.75) is 0 Å². The number of rotatable bonds is 0. The molecule has 0 amide bonds. The molecule has 0 fully saturated rings. The second-order valence-corrected chi connectivity index (χ2v) is 0. The summed E-state index contributed by atoms with van der Waals surface area (Å²) in [7, 11) is 0. The first-order valence-corrected chi connectivity index (χ1v) is 0. The van der Waals surface area contributed by atoms with Gasteiger partial charge >= 0.3 is 29.6 Å². The van der Waals surface area contributed by atoms with Gasteiger partial charge in [0.1, 0.15) is 0 Å². The van der Waals surface area contributed by atoms with Gasteiger partial charge in [-0.05, 0) is 0 Å². The molecule has 40 valence electrons. The van der Waals surface area contributed by atoms with Crippen LogP contribution < -0.4 is 65.8 Å². The normalized spacial score (nSPS) is 0. The Labute approximate surface area is 89.5 Å². The molecule has 6 heavy (non-hydrogen) atoms. The van der Waals surface area contributed by atoms with Crippen LogP contribution in [0.25, 0.3) is 0 Å². The van der Waals surface area contributed by atoms with E-state index in [2.05, 4.69) is 0 Å². The predicted molar refractivity (Wildman–Crippen MR) is 24.5 cm³/mol. The summed E-state index contributed by atoms with van der Waals surface area (Å²) in [5.41, 5.74) is 0. The maximum absolute atomic E-state index is 0. The number of hydrogen-bond acceptors (Lipinski definition) is 2. The summed E-state index contributed by atoms with van der Waals surface area (Å²) >= 11 is 0. The molecule has 0 aliphatic rings. The fourth-order valence-corrected chi connectivity index (χ4v) is 0. The van der Waals surface area contributed by atoms with Crippen LogP contribution in [0, 0.1) is 0 Å². The summed E-state index contributed by atoms with van der Waals surface area (Å²) in [6.07, 6.45) is 0. The van der Waals surface area contributed by atoms with Crippen molar-refractivity contribution in [1.82, 2.24) is 12.3 Å². The molecular formula is H8Cl2IN2Na. The molecule has 0 aromatic rings. The second kappa shape index (κ2) is 56.4. The Balaban J connectivity index is 0. The van der Waals surface area contributed by atoms with E-state index in [1.54, 1.807) is 0 Å². The summed E-state index contributed by atoms with van der Waals surface area (Å²) < 4.78 is 0. The standard InChI is InChI=1S/2ClH.HI.2H3N.Na/h3*1H;2*1H3;/q;;;;;+1/p-1. The van der Waals surface area contributed by atoms with Gasteiger partial charge in [0.2, 0.25) is 0 Å². The summed E-state index contributed by atoms with van der Waals surface area (Å²) in [6.45, 7) is 0. The Hall–Kier alpha value is 2.23. The molecule has 0 saturated heterocycles. The molecule has 0 radical (unpaired) electrons. The van der Waals surface area contributed by atoms with Crippen LogP contribution in [0.5, 0.6) is 0 Å². The smallest absolute Gasteiger partial charge is 1.00 e. The van der Waals surface area contributed by atoms with Gasteiger partial charge in [0, 0.05) is 0 Å². The van der Waals surface area contributed by atoms with Crippen molar-refractivity contribution >= 4 is 24.8 Å². The monoisotopic (exact) mass is 256 g/mol. The third kappa shape index (κ3) is 34.3. The minimum Gasteiger partial charge on any atom is -1.00 e. The van der Waals surface area contributed by atoms with E-state index >= 15 is 0 Å². The van der Waals surface area contributed by atoms with E-state index in [1.807, 2.05) is 0 Å². The van der Waals surface area contributed by atoms with Crippen molar-refractivity contribution in [2.75, 3.05) is 0 Å². The van der Waals surface area contributed by atoms with Crippen LogP contribution in [0.4, 0.5) is 0 Å². The molecule has 0 heterocycles. The van der Waals surface area contributed by atoms with Gasteiger partial charge < -0.3 is 36.3 Å². The zero-order valence-corrected chi connectivity index (χ0v) is 9.40. The molecule has 0 aliphatic heterocycles. The summed E-state index contributed by atoms with van der Waals surface area (Å²) in [4.78, 5) is 0. The molecule has 6 N–H and O–H groups in total. The molecule has 0 bridgehead atoms. The van der Waals surface area contributed by atoms with Crippen LogP contribution in [0.2, 0.25) is 0 Å². The van der Waals surface area contributed by atoms with Gasteiger partial charge in [0.05, 0.1) is 0 Å². The van der Waals surface area contributed by atoms with Crippen molar-refractivity contribution < 1.29 is 53.5 Å². The van der Waals surface area contributed by atoms with Crippen LogP contribution in [-0.4, -0.2) is 0 Å². The molecule has 0 spiro atoms. The van der Waals surface area contributed by atoms with Crippen molar-refractivity contribution in [2.24, 2.45) is 0 Å². The van der Waals surface area contributed by atoms with Gasteiger partial charge in [-0.2, -0.15) is 0 Å². The summed E-state index contributed by atoms with van der Waals surface area (Å²) in [5.74, 6) is 0. The average molecular weight is 257 g/mol. The zero-order chi connectivity index (χ0) is 0. The van der Waals surface area contributed by atoms with Gasteiger partial charge in [-0.15, -0.1) is 24.8 Å². The van der Waals surface area contributed by atoms with Gasteiger partial charge in [0.15, 0.2) is 0 Å². The maximum Gasteiger partial charge on any atom is 1.00 e. The quantitative estimate of drug-likeness (QED) is 0.337. The van der Waals surface area contributed by atoms with Crippen LogP contribution in [0.1, 0.15) is 0 Å². The molecule has 6 heteroatoms. The minimum atomic E-state index is 0. The first kappa shape index (κ1) is 86.5. The molecule has 2 nitrogen and oxygen atoms in total. The number of halogens is 3. The Morgan fingerprint density at radius 3 is 0.667 bits per heavy atom. The van der Waals surface area contributed by atoms with Crippen LogP contribution >= 0.6 is 24.8 Å². The molecular weight excluding hydrogens is 249 g/mol. The van der Waals surface area contributed by atoms with E-state index in [9.17, 15) is 0 Å². The van der Waals surface area contributed by atoms with Gasteiger partial charge in [-0.25, -0.2) is 0 Å². The van der Waals surface area contributed by atoms with Crippen LogP contribution in [0.3, 0.4) is 0 Å². The summed E-state index contributed by atoms with van der Waals surface area (Å²) in [6, 6.07) is 0. The Morgan fingerprint density at radius 2 is 0.667 bits per heavy atom. The summed E-state index contributed by atoms with van der Waals surface area (Å²) in [5, 5.41) is 0. The topological polar surface area (TPSA) is 70.0 Å². The third-order valence-electron chi connectivity index (χ3n) is 0. The van der Waals surface area contributed by atoms with E-state index in [0.29, 0.717) is 0 Å². The Morgan fingerprint density at radius 1 is 0.667 bits per heavy atom. The van der Waals surface area contributed by atoms with Crippen LogP contribution in [-0.2, 0) is 0 Å². The molecule has 0 rings (SSSR count). The molecule has 0 atom stereocenters. The SMILES string of the molecule is Cl.Cl.N.N.[I-].[Na+]. The fraction of sp³-hybridized carbons (Fsp3) is 0. The molecule has 0 unspecified atom stereocenters. The largest absolute Gasteiger partial charge is 1.00 e. The van der Waals surface area contributed by atoms with E-state index in [1.165, 1.54) is 0 Å². The molecule has 0 saturated carbocycles. The molecule has 0 aromatic heterocycles. The van der Waals surface area contributed by atoms with E-state index in [4.69, 9.17) is 0 Å². The van der Waals surface area contributed by atoms with E-state index in [0.717, 1.165) is 0 Å². The van der Waals surface area contributed by atoms with Gasteiger partial charge in [0.25, 0.3) is 0 Å². The average Bonchev–Trinajstić information content (AvgIpc) is 0. The van der Waals surface area contributed by atoms with Gasteiger partial charge in [-0.1, -0.05) is 0 Å².